The van der Waals surface area contributed by atoms with Crippen LogP contribution in [0.5, 0.6) is 0 Å². The van der Waals surface area contributed by atoms with Gasteiger partial charge >= 0.3 is 104 Å². The molecule has 1 atom stereocenters. The topological polar surface area (TPSA) is 0 Å². The standard InChI is InChI=1S/C12H25ClGeS/c1-14(2,3)11-15(4,13)10-9-12-7-5-6-8-12/h9H,5-8,10-11H2,1-4H3. The van der Waals surface area contributed by atoms with Gasteiger partial charge in [-0.2, -0.15) is 0 Å². The summed E-state index contributed by atoms with van der Waals surface area (Å²) in [7, 11) is 5.84. The predicted octanol–water partition coefficient (Wildman–Crippen LogP) is 4.95. The van der Waals surface area contributed by atoms with Crippen molar-refractivity contribution >= 4 is 33.2 Å². The van der Waals surface area contributed by atoms with Crippen LogP contribution in [0, 0.1) is 0 Å². The second kappa shape index (κ2) is 5.51. The minimum atomic E-state index is -1.47. The van der Waals surface area contributed by atoms with Crippen molar-refractivity contribution in [3.63, 3.8) is 0 Å². The molecule has 1 aliphatic rings. The summed E-state index contributed by atoms with van der Waals surface area (Å²) in [6.45, 7) is 0. The zero-order valence-electron chi connectivity index (χ0n) is 10.6. The van der Waals surface area contributed by atoms with Gasteiger partial charge in [-0.15, -0.1) is 0 Å². The molecule has 0 aliphatic heterocycles. The summed E-state index contributed by atoms with van der Waals surface area (Å²) in [5.74, 6) is 8.56. The van der Waals surface area contributed by atoms with Crippen molar-refractivity contribution in [2.24, 2.45) is 0 Å². The number of allylic oxidation sites excluding steroid dienone is 1. The van der Waals surface area contributed by atoms with Gasteiger partial charge in [-0.1, -0.05) is 0 Å². The van der Waals surface area contributed by atoms with Crippen LogP contribution in [0.25, 0.3) is 0 Å². The number of hydrogen-bond donors (Lipinski definition) is 0. The van der Waals surface area contributed by atoms with Gasteiger partial charge in [-0.25, -0.2) is 0 Å². The van der Waals surface area contributed by atoms with E-state index in [9.17, 15) is 0 Å². The van der Waals surface area contributed by atoms with Crippen LogP contribution < -0.4 is 0 Å². The fourth-order valence-electron chi connectivity index (χ4n) is 2.29. The fourth-order valence-corrected chi connectivity index (χ4v) is 22.2. The maximum absolute atomic E-state index is 6.68. The summed E-state index contributed by atoms with van der Waals surface area (Å²) in [6, 6.07) is 0. The van der Waals surface area contributed by atoms with Crippen LogP contribution in [0.4, 0.5) is 0 Å². The minimum absolute atomic E-state index is 0.848. The molecule has 0 amide bonds. The first-order valence-electron chi connectivity index (χ1n) is 5.90. The molecule has 0 N–H and O–H groups in total. The van der Waals surface area contributed by atoms with E-state index in [1.165, 1.54) is 30.3 Å². The molecule has 0 radical (unpaired) electrons. The van der Waals surface area contributed by atoms with E-state index >= 15 is 0 Å². The van der Waals surface area contributed by atoms with Crippen molar-refractivity contribution in [3.05, 3.63) is 11.6 Å². The first kappa shape index (κ1) is 14.0. The van der Waals surface area contributed by atoms with E-state index in [4.69, 9.17) is 10.7 Å². The van der Waals surface area contributed by atoms with Gasteiger partial charge in [-0.3, -0.25) is 0 Å². The Kier molecular flexibility index (Phi) is 5.13. The summed E-state index contributed by atoms with van der Waals surface area (Å²) in [6.07, 6.45) is 10.2. The van der Waals surface area contributed by atoms with Gasteiger partial charge in [0.25, 0.3) is 0 Å². The summed E-state index contributed by atoms with van der Waals surface area (Å²) in [4.78, 5) is 0. The number of hydrogen-bond acceptors (Lipinski definition) is 0. The summed E-state index contributed by atoms with van der Waals surface area (Å²) in [5.41, 5.74) is 1.68. The molecule has 1 aliphatic carbocycles. The molecule has 0 nitrogen and oxygen atoms in total. The fraction of sp³-hybridized carbons (Fsp3) is 0.833. The van der Waals surface area contributed by atoms with Crippen LogP contribution in [-0.4, -0.2) is 29.9 Å². The Morgan fingerprint density at radius 3 is 2.27 bits per heavy atom. The van der Waals surface area contributed by atoms with Gasteiger partial charge in [0.1, 0.15) is 0 Å². The third-order valence-electron chi connectivity index (χ3n) is 2.70. The van der Waals surface area contributed by atoms with Crippen LogP contribution in [0.3, 0.4) is 0 Å². The van der Waals surface area contributed by atoms with Crippen LogP contribution in [0.2, 0.25) is 17.3 Å². The maximum atomic E-state index is 6.68. The quantitative estimate of drug-likeness (QED) is 0.509. The molecule has 90 valence electrons. The molecule has 1 fully saturated rings. The molecule has 0 aromatic carbocycles. The zero-order valence-corrected chi connectivity index (χ0v) is 14.3. The summed E-state index contributed by atoms with van der Waals surface area (Å²) < 4.78 is 1.35. The van der Waals surface area contributed by atoms with Gasteiger partial charge < -0.3 is 0 Å². The molecule has 1 rings (SSSR count). The van der Waals surface area contributed by atoms with Crippen molar-refractivity contribution in [3.8, 4) is 0 Å². The van der Waals surface area contributed by atoms with Gasteiger partial charge in [0.2, 0.25) is 0 Å². The van der Waals surface area contributed by atoms with Crippen LogP contribution in [0.15, 0.2) is 11.6 Å². The molecular formula is C12H25ClGeS. The molecule has 0 saturated heterocycles. The van der Waals surface area contributed by atoms with Crippen molar-refractivity contribution in [2.75, 3.05) is 16.6 Å². The molecule has 15 heavy (non-hydrogen) atoms. The van der Waals surface area contributed by atoms with E-state index in [1.807, 2.05) is 0 Å². The Balaban J connectivity index is 2.45. The Morgan fingerprint density at radius 1 is 1.27 bits per heavy atom. The predicted molar refractivity (Wildman–Crippen MR) is 79.0 cm³/mol. The Bertz CT molecular complexity index is 232. The van der Waals surface area contributed by atoms with Gasteiger partial charge in [0.05, 0.1) is 0 Å². The second-order valence-electron chi connectivity index (χ2n) is 6.10. The average molecular weight is 309 g/mol. The van der Waals surface area contributed by atoms with E-state index in [-0.39, 0.29) is 0 Å². The molecule has 0 aromatic rings. The van der Waals surface area contributed by atoms with Crippen LogP contribution in [0.1, 0.15) is 25.7 Å². The molecule has 0 bridgehead atoms. The zero-order chi connectivity index (χ0) is 11.5. The molecule has 3 heteroatoms. The van der Waals surface area contributed by atoms with Crippen molar-refractivity contribution in [1.29, 1.82) is 0 Å². The molecule has 1 saturated carbocycles. The second-order valence-corrected chi connectivity index (χ2v) is 23.8. The van der Waals surface area contributed by atoms with Gasteiger partial charge in [0.15, 0.2) is 0 Å². The number of halogens is 1. The molecule has 0 spiro atoms. The van der Waals surface area contributed by atoms with Crippen LogP contribution >= 0.6 is 19.9 Å². The normalized spacial score (nSPS) is 23.7. The van der Waals surface area contributed by atoms with E-state index in [0.717, 1.165) is 5.75 Å². The molecule has 1 unspecified atom stereocenters. The average Bonchev–Trinajstić information content (AvgIpc) is 2.47. The monoisotopic (exact) mass is 310 g/mol. The third-order valence-corrected chi connectivity index (χ3v) is 16.3. The first-order valence-corrected chi connectivity index (χ1v) is 16.9. The SMILES string of the molecule is CS(Cl)(CC=C1CCCC1)[CH2][Ge]([CH3])([CH3])[CH3]. The van der Waals surface area contributed by atoms with Crippen LogP contribution in [-0.2, 0) is 0 Å². The molecule has 0 aromatic heterocycles. The number of rotatable bonds is 4. The third kappa shape index (κ3) is 6.28. The van der Waals surface area contributed by atoms with Crippen molar-refractivity contribution in [1.82, 2.24) is 0 Å². The first-order chi connectivity index (χ1) is 6.79. The Hall–Kier alpha value is 0.923. The molecular weight excluding hydrogens is 284 g/mol. The Morgan fingerprint density at radius 2 is 1.80 bits per heavy atom. The van der Waals surface area contributed by atoms with Gasteiger partial charge in [0, 0.05) is 0 Å². The summed E-state index contributed by atoms with van der Waals surface area (Å²) in [5, 5.41) is 0. The van der Waals surface area contributed by atoms with E-state index in [2.05, 4.69) is 29.6 Å². The van der Waals surface area contributed by atoms with E-state index in [0.29, 0.717) is 0 Å². The Labute approximate surface area is 104 Å². The van der Waals surface area contributed by atoms with E-state index in [1.54, 1.807) is 5.57 Å². The van der Waals surface area contributed by atoms with Crippen molar-refractivity contribution < 1.29 is 0 Å². The summed E-state index contributed by atoms with van der Waals surface area (Å²) >= 11 is -1.47. The van der Waals surface area contributed by atoms with E-state index < -0.39 is 22.5 Å². The van der Waals surface area contributed by atoms with Gasteiger partial charge in [-0.05, 0) is 0 Å². The van der Waals surface area contributed by atoms with Crippen molar-refractivity contribution in [2.45, 2.75) is 43.0 Å². The molecule has 0 heterocycles.